The minimum absolute atomic E-state index is 0.131. The molecular formula is C11H13N3O4. The Labute approximate surface area is 103 Å². The van der Waals surface area contributed by atoms with Crippen LogP contribution < -0.4 is 4.90 Å². The maximum atomic E-state index is 11.3. The fraction of sp³-hybridized carbons (Fsp3) is 0.455. The lowest BCUT2D eigenvalue weighted by Gasteiger charge is -2.39. The highest BCUT2D eigenvalue weighted by Gasteiger charge is 2.30. The average molecular weight is 251 g/mol. The van der Waals surface area contributed by atoms with Crippen LogP contribution in [-0.2, 0) is 9.53 Å². The molecule has 0 radical (unpaired) electrons. The van der Waals surface area contributed by atoms with E-state index in [1.165, 1.54) is 13.3 Å². The van der Waals surface area contributed by atoms with Crippen LogP contribution in [0.25, 0.3) is 0 Å². The molecule has 7 heteroatoms. The normalized spacial score (nSPS) is 15.1. The number of esters is 1. The number of aliphatic carboxylic acids is 1. The number of carboxylic acids is 1. The molecule has 1 N–H and O–H groups in total. The number of aromatic nitrogens is 2. The summed E-state index contributed by atoms with van der Waals surface area (Å²) in [5.41, 5.74) is 0.150. The smallest absolute Gasteiger partial charge is 0.358 e. The van der Waals surface area contributed by atoms with Gasteiger partial charge in [-0.25, -0.2) is 9.78 Å². The number of carbonyl (C=O) groups excluding carboxylic acids is 1. The second-order valence-electron chi connectivity index (χ2n) is 4.12. The topological polar surface area (TPSA) is 92.6 Å². The fourth-order valence-corrected chi connectivity index (χ4v) is 1.84. The van der Waals surface area contributed by atoms with Gasteiger partial charge in [0, 0.05) is 19.0 Å². The van der Waals surface area contributed by atoms with Crippen LogP contribution in [0.15, 0.2) is 12.4 Å². The molecule has 0 atom stereocenters. The highest BCUT2D eigenvalue weighted by molar-refractivity contribution is 5.87. The van der Waals surface area contributed by atoms with Crippen LogP contribution >= 0.6 is 0 Å². The third-order valence-electron chi connectivity index (χ3n) is 2.76. The van der Waals surface area contributed by atoms with E-state index in [4.69, 9.17) is 5.11 Å². The summed E-state index contributed by atoms with van der Waals surface area (Å²) in [6, 6.07) is 0. The van der Waals surface area contributed by atoms with E-state index >= 15 is 0 Å². The monoisotopic (exact) mass is 251 g/mol. The SMILES string of the molecule is COC(=O)c1cncc(N2CC(CC(=O)O)C2)n1. The molecule has 1 fully saturated rings. The molecule has 1 saturated heterocycles. The predicted octanol–water partition coefficient (Wildman–Crippen LogP) is 0.174. The molecule has 7 nitrogen and oxygen atoms in total. The van der Waals surface area contributed by atoms with Gasteiger partial charge < -0.3 is 14.7 Å². The van der Waals surface area contributed by atoms with E-state index in [1.807, 2.05) is 4.90 Å². The summed E-state index contributed by atoms with van der Waals surface area (Å²) < 4.78 is 4.56. The Morgan fingerprint density at radius 2 is 2.22 bits per heavy atom. The minimum Gasteiger partial charge on any atom is -0.481 e. The van der Waals surface area contributed by atoms with Crippen molar-refractivity contribution >= 4 is 17.8 Å². The van der Waals surface area contributed by atoms with Gasteiger partial charge in [-0.3, -0.25) is 9.78 Å². The molecule has 0 amide bonds. The van der Waals surface area contributed by atoms with Gasteiger partial charge in [0.15, 0.2) is 5.69 Å². The van der Waals surface area contributed by atoms with Crippen molar-refractivity contribution in [1.82, 2.24) is 9.97 Å². The Morgan fingerprint density at radius 1 is 1.50 bits per heavy atom. The number of ether oxygens (including phenoxy) is 1. The van der Waals surface area contributed by atoms with E-state index in [2.05, 4.69) is 14.7 Å². The van der Waals surface area contributed by atoms with Crippen LogP contribution in [0.4, 0.5) is 5.82 Å². The lowest BCUT2D eigenvalue weighted by molar-refractivity contribution is -0.138. The molecule has 0 unspecified atom stereocenters. The van der Waals surface area contributed by atoms with Crippen molar-refractivity contribution in [2.24, 2.45) is 5.92 Å². The summed E-state index contributed by atoms with van der Waals surface area (Å²) >= 11 is 0. The van der Waals surface area contributed by atoms with E-state index in [9.17, 15) is 9.59 Å². The first-order valence-electron chi connectivity index (χ1n) is 5.47. The Kier molecular flexibility index (Phi) is 3.40. The standard InChI is InChI=1S/C11H13N3O4/c1-18-11(17)8-3-12-4-9(13-8)14-5-7(6-14)2-10(15)16/h3-4,7H,2,5-6H2,1H3,(H,15,16). The van der Waals surface area contributed by atoms with Crippen molar-refractivity contribution in [1.29, 1.82) is 0 Å². The van der Waals surface area contributed by atoms with Crippen molar-refractivity contribution < 1.29 is 19.4 Å². The first kappa shape index (κ1) is 12.3. The molecular weight excluding hydrogens is 238 g/mol. The minimum atomic E-state index is -0.797. The van der Waals surface area contributed by atoms with Gasteiger partial charge in [0.05, 0.1) is 25.9 Å². The Balaban J connectivity index is 1.99. The maximum absolute atomic E-state index is 11.3. The Morgan fingerprint density at radius 3 is 2.83 bits per heavy atom. The predicted molar refractivity (Wildman–Crippen MR) is 61.3 cm³/mol. The van der Waals surface area contributed by atoms with E-state index in [0.29, 0.717) is 18.9 Å². The highest BCUT2D eigenvalue weighted by Crippen LogP contribution is 2.24. The van der Waals surface area contributed by atoms with Crippen molar-refractivity contribution in [3.8, 4) is 0 Å². The second kappa shape index (κ2) is 4.99. The Hall–Kier alpha value is -2.18. The summed E-state index contributed by atoms with van der Waals surface area (Å²) in [5.74, 6) is -0.633. The van der Waals surface area contributed by atoms with Crippen LogP contribution in [0.5, 0.6) is 0 Å². The zero-order valence-corrected chi connectivity index (χ0v) is 9.87. The molecule has 1 aromatic rings. The molecule has 0 aliphatic carbocycles. The molecule has 0 aromatic carbocycles. The largest absolute Gasteiger partial charge is 0.481 e. The third kappa shape index (κ3) is 2.55. The van der Waals surface area contributed by atoms with E-state index < -0.39 is 11.9 Å². The Bertz CT molecular complexity index is 471. The van der Waals surface area contributed by atoms with Crippen LogP contribution in [0.2, 0.25) is 0 Å². The highest BCUT2D eigenvalue weighted by atomic mass is 16.5. The third-order valence-corrected chi connectivity index (χ3v) is 2.76. The van der Waals surface area contributed by atoms with E-state index in [0.717, 1.165) is 0 Å². The average Bonchev–Trinajstić information content (AvgIpc) is 2.32. The van der Waals surface area contributed by atoms with Crippen molar-refractivity contribution in [2.45, 2.75) is 6.42 Å². The lowest BCUT2D eigenvalue weighted by Crippen LogP contribution is -2.48. The first-order valence-corrected chi connectivity index (χ1v) is 5.47. The number of rotatable bonds is 4. The van der Waals surface area contributed by atoms with Crippen LogP contribution in [0.1, 0.15) is 16.9 Å². The zero-order chi connectivity index (χ0) is 13.1. The first-order chi connectivity index (χ1) is 8.60. The summed E-state index contributed by atoms with van der Waals surface area (Å²) in [7, 11) is 1.28. The summed E-state index contributed by atoms with van der Waals surface area (Å²) in [6.45, 7) is 1.23. The molecule has 1 aliphatic rings. The number of hydrogen-bond donors (Lipinski definition) is 1. The summed E-state index contributed by atoms with van der Waals surface area (Å²) in [6.07, 6.45) is 3.04. The molecule has 2 rings (SSSR count). The van der Waals surface area contributed by atoms with Crippen molar-refractivity contribution in [3.05, 3.63) is 18.1 Å². The fourth-order valence-electron chi connectivity index (χ4n) is 1.84. The van der Waals surface area contributed by atoms with E-state index in [1.54, 1.807) is 6.20 Å². The molecule has 96 valence electrons. The van der Waals surface area contributed by atoms with E-state index in [-0.39, 0.29) is 18.0 Å². The van der Waals surface area contributed by atoms with Crippen LogP contribution in [0, 0.1) is 5.92 Å². The molecule has 18 heavy (non-hydrogen) atoms. The number of anilines is 1. The zero-order valence-electron chi connectivity index (χ0n) is 9.87. The number of carboxylic acid groups (broad SMARTS) is 1. The molecule has 1 aliphatic heterocycles. The number of hydrogen-bond acceptors (Lipinski definition) is 6. The van der Waals surface area contributed by atoms with Gasteiger partial charge >= 0.3 is 11.9 Å². The van der Waals surface area contributed by atoms with Gasteiger partial charge in [-0.15, -0.1) is 0 Å². The van der Waals surface area contributed by atoms with Gasteiger partial charge in [-0.05, 0) is 0 Å². The molecule has 1 aromatic heterocycles. The molecule has 2 heterocycles. The second-order valence-corrected chi connectivity index (χ2v) is 4.12. The number of methoxy groups -OCH3 is 1. The van der Waals surface area contributed by atoms with Gasteiger partial charge in [-0.2, -0.15) is 0 Å². The van der Waals surface area contributed by atoms with Crippen molar-refractivity contribution in [2.75, 3.05) is 25.1 Å². The lowest BCUT2D eigenvalue weighted by atomic mass is 9.97. The van der Waals surface area contributed by atoms with Gasteiger partial charge in [0.1, 0.15) is 5.82 Å². The summed E-state index contributed by atoms with van der Waals surface area (Å²) in [4.78, 5) is 31.7. The molecule has 0 bridgehead atoms. The molecule has 0 saturated carbocycles. The van der Waals surface area contributed by atoms with Gasteiger partial charge in [0.25, 0.3) is 0 Å². The maximum Gasteiger partial charge on any atom is 0.358 e. The van der Waals surface area contributed by atoms with Gasteiger partial charge in [0.2, 0.25) is 0 Å². The van der Waals surface area contributed by atoms with Crippen LogP contribution in [-0.4, -0.2) is 47.2 Å². The molecule has 0 spiro atoms. The quantitative estimate of drug-likeness (QED) is 0.762. The van der Waals surface area contributed by atoms with Crippen molar-refractivity contribution in [3.63, 3.8) is 0 Å². The van der Waals surface area contributed by atoms with Crippen LogP contribution in [0.3, 0.4) is 0 Å². The van der Waals surface area contributed by atoms with Gasteiger partial charge in [-0.1, -0.05) is 0 Å². The summed E-state index contributed by atoms with van der Waals surface area (Å²) in [5, 5.41) is 8.65. The number of carbonyl (C=O) groups is 2. The number of nitrogens with zero attached hydrogens (tertiary/aromatic N) is 3.